The quantitative estimate of drug-likeness (QED) is 0.160. The number of hydrogen-bond acceptors (Lipinski definition) is 3. The van der Waals surface area contributed by atoms with Crippen molar-refractivity contribution in [3.63, 3.8) is 0 Å². The molecular weight excluding hydrogens is 829 g/mol. The number of furan rings is 2. The fourth-order valence-electron chi connectivity index (χ4n) is 10.6. The molecule has 0 aliphatic heterocycles. The average molecular weight is 869 g/mol. The molecule has 68 heavy (non-hydrogen) atoms. The summed E-state index contributed by atoms with van der Waals surface area (Å²) in [5.41, 5.74) is 16.8. The third-order valence-electron chi connectivity index (χ3n) is 13.8. The maximum absolute atomic E-state index is 6.83. The van der Waals surface area contributed by atoms with Gasteiger partial charge in [0, 0.05) is 60.5 Å². The summed E-state index contributed by atoms with van der Waals surface area (Å²) >= 11 is 0. The lowest BCUT2D eigenvalue weighted by Gasteiger charge is -2.28. The second kappa shape index (κ2) is 15.2. The molecule has 3 aromatic heterocycles. The van der Waals surface area contributed by atoms with Gasteiger partial charge in [0.05, 0.1) is 16.7 Å². The lowest BCUT2D eigenvalue weighted by molar-refractivity contribution is 0.669. The Bertz CT molecular complexity index is 4210. The highest BCUT2D eigenvalue weighted by Crippen LogP contribution is 2.46. The van der Waals surface area contributed by atoms with Crippen molar-refractivity contribution in [1.29, 1.82) is 0 Å². The van der Waals surface area contributed by atoms with E-state index in [9.17, 15) is 0 Å². The van der Waals surface area contributed by atoms with Crippen molar-refractivity contribution >= 4 is 93.5 Å². The van der Waals surface area contributed by atoms with Crippen LogP contribution in [0.2, 0.25) is 0 Å². The maximum Gasteiger partial charge on any atom is 0.143 e. The monoisotopic (exact) mass is 868 g/mol. The summed E-state index contributed by atoms with van der Waals surface area (Å²) in [6.07, 6.45) is 0. The highest BCUT2D eigenvalue weighted by atomic mass is 16.3. The summed E-state index contributed by atoms with van der Waals surface area (Å²) in [4.78, 5) is 2.37. The number of aromatic nitrogens is 1. The van der Waals surface area contributed by atoms with Crippen molar-refractivity contribution in [3.8, 4) is 39.1 Å². The molecule has 4 nitrogen and oxygen atoms in total. The molecule has 0 atom stereocenters. The van der Waals surface area contributed by atoms with Gasteiger partial charge in [-0.1, -0.05) is 158 Å². The predicted molar refractivity (Wildman–Crippen MR) is 284 cm³/mol. The van der Waals surface area contributed by atoms with Crippen LogP contribution in [0.4, 0.5) is 17.1 Å². The van der Waals surface area contributed by atoms with Crippen LogP contribution in [-0.4, -0.2) is 4.57 Å². The fraction of sp³-hybridized carbons (Fsp3) is 0. The SMILES string of the molecule is c1cc(-c2ccc(N(c3ccc(-c4ccc5c(c4)oc4ccccc45)cc3)c3ccccc3-c3cccc4c3oc3cc5ccccc5cc34)cc2)cc(-n2c3ccccc3c3ccccc32)c1. The molecule has 0 amide bonds. The van der Waals surface area contributed by atoms with Crippen LogP contribution in [0.15, 0.2) is 251 Å². The molecule has 14 rings (SSSR count). The number of benzene rings is 11. The first-order chi connectivity index (χ1) is 33.7. The zero-order chi connectivity index (χ0) is 44.7. The van der Waals surface area contributed by atoms with Crippen LogP contribution < -0.4 is 4.90 Å². The van der Waals surface area contributed by atoms with Crippen molar-refractivity contribution in [1.82, 2.24) is 4.57 Å². The van der Waals surface area contributed by atoms with E-state index in [-0.39, 0.29) is 0 Å². The Balaban J connectivity index is 0.896. The maximum atomic E-state index is 6.83. The molecule has 0 spiro atoms. The minimum atomic E-state index is 0.875. The van der Waals surface area contributed by atoms with Crippen molar-refractivity contribution in [2.45, 2.75) is 0 Å². The van der Waals surface area contributed by atoms with Crippen LogP contribution in [0.5, 0.6) is 0 Å². The summed E-state index contributed by atoms with van der Waals surface area (Å²) in [7, 11) is 0. The van der Waals surface area contributed by atoms with Crippen molar-refractivity contribution in [2.75, 3.05) is 4.90 Å². The van der Waals surface area contributed by atoms with E-state index in [1.54, 1.807) is 0 Å². The van der Waals surface area contributed by atoms with Crippen LogP contribution in [-0.2, 0) is 0 Å². The summed E-state index contributed by atoms with van der Waals surface area (Å²) in [5, 5.41) is 9.34. The van der Waals surface area contributed by atoms with Gasteiger partial charge in [-0.2, -0.15) is 0 Å². The molecule has 0 unspecified atom stereocenters. The largest absolute Gasteiger partial charge is 0.456 e. The first-order valence-corrected chi connectivity index (χ1v) is 23.1. The van der Waals surface area contributed by atoms with Gasteiger partial charge in [0.15, 0.2) is 0 Å². The highest BCUT2D eigenvalue weighted by molar-refractivity contribution is 6.14. The Morgan fingerprint density at radius 1 is 0.309 bits per heavy atom. The van der Waals surface area contributed by atoms with E-state index in [0.717, 1.165) is 105 Å². The fourth-order valence-corrected chi connectivity index (χ4v) is 10.6. The zero-order valence-electron chi connectivity index (χ0n) is 36.8. The van der Waals surface area contributed by atoms with Crippen LogP contribution >= 0.6 is 0 Å². The first kappa shape index (κ1) is 38.2. The van der Waals surface area contributed by atoms with Gasteiger partial charge in [-0.05, 0) is 118 Å². The van der Waals surface area contributed by atoms with Gasteiger partial charge in [-0.25, -0.2) is 0 Å². The van der Waals surface area contributed by atoms with Gasteiger partial charge >= 0.3 is 0 Å². The topological polar surface area (TPSA) is 34.5 Å². The Hall–Kier alpha value is -9.12. The predicted octanol–water partition coefficient (Wildman–Crippen LogP) is 18.2. The number of anilines is 3. The minimum absolute atomic E-state index is 0.875. The smallest absolute Gasteiger partial charge is 0.143 e. The van der Waals surface area contributed by atoms with Crippen LogP contribution in [0.3, 0.4) is 0 Å². The second-order valence-corrected chi connectivity index (χ2v) is 17.7. The van der Waals surface area contributed by atoms with E-state index in [1.165, 1.54) is 27.2 Å². The number of rotatable bonds is 7. The Morgan fingerprint density at radius 2 is 0.853 bits per heavy atom. The van der Waals surface area contributed by atoms with E-state index in [4.69, 9.17) is 8.83 Å². The Kier molecular flexibility index (Phi) is 8.55. The molecule has 4 heteroatoms. The molecule has 318 valence electrons. The average Bonchev–Trinajstić information content (AvgIpc) is 4.08. The van der Waals surface area contributed by atoms with Gasteiger partial charge in [0.2, 0.25) is 0 Å². The summed E-state index contributed by atoms with van der Waals surface area (Å²) in [6, 6.07) is 87.0. The lowest BCUT2D eigenvalue weighted by Crippen LogP contribution is -2.11. The summed E-state index contributed by atoms with van der Waals surface area (Å²) < 4.78 is 15.5. The Morgan fingerprint density at radius 3 is 1.60 bits per heavy atom. The molecule has 0 saturated heterocycles. The Labute approximate surface area is 391 Å². The molecule has 3 heterocycles. The number of nitrogens with zero attached hydrogens (tertiary/aromatic N) is 2. The van der Waals surface area contributed by atoms with E-state index in [1.807, 2.05) is 12.1 Å². The van der Waals surface area contributed by atoms with Crippen molar-refractivity contribution < 1.29 is 8.83 Å². The molecule has 14 aromatic rings. The lowest BCUT2D eigenvalue weighted by atomic mass is 9.98. The van der Waals surface area contributed by atoms with Crippen molar-refractivity contribution in [3.05, 3.63) is 243 Å². The number of hydrogen-bond donors (Lipinski definition) is 0. The van der Waals surface area contributed by atoms with Gasteiger partial charge < -0.3 is 18.3 Å². The van der Waals surface area contributed by atoms with Crippen molar-refractivity contribution in [2.24, 2.45) is 0 Å². The highest BCUT2D eigenvalue weighted by Gasteiger charge is 2.21. The van der Waals surface area contributed by atoms with Gasteiger partial charge in [0.25, 0.3) is 0 Å². The minimum Gasteiger partial charge on any atom is -0.456 e. The van der Waals surface area contributed by atoms with E-state index < -0.39 is 0 Å². The van der Waals surface area contributed by atoms with Crippen LogP contribution in [0.25, 0.3) is 116 Å². The van der Waals surface area contributed by atoms with E-state index in [2.05, 4.69) is 240 Å². The van der Waals surface area contributed by atoms with Gasteiger partial charge in [-0.15, -0.1) is 0 Å². The normalized spacial score (nSPS) is 11.8. The molecule has 0 aliphatic rings. The van der Waals surface area contributed by atoms with Crippen LogP contribution in [0.1, 0.15) is 0 Å². The van der Waals surface area contributed by atoms with Gasteiger partial charge in [-0.3, -0.25) is 0 Å². The summed E-state index contributed by atoms with van der Waals surface area (Å²) in [5.74, 6) is 0. The van der Waals surface area contributed by atoms with E-state index in [0.29, 0.717) is 0 Å². The molecule has 0 bridgehead atoms. The van der Waals surface area contributed by atoms with Crippen LogP contribution in [0, 0.1) is 0 Å². The summed E-state index contributed by atoms with van der Waals surface area (Å²) in [6.45, 7) is 0. The van der Waals surface area contributed by atoms with E-state index >= 15 is 0 Å². The molecule has 0 aliphatic carbocycles. The molecule has 11 aromatic carbocycles. The first-order valence-electron chi connectivity index (χ1n) is 23.1. The molecule has 0 fully saturated rings. The second-order valence-electron chi connectivity index (χ2n) is 17.7. The molecule has 0 N–H and O–H groups in total. The number of fused-ring (bicyclic) bond motifs is 10. The number of para-hydroxylation sites is 5. The molecule has 0 radical (unpaired) electrons. The molecular formula is C64H40N2O2. The molecule has 0 saturated carbocycles. The zero-order valence-corrected chi connectivity index (χ0v) is 36.8. The third-order valence-corrected chi connectivity index (χ3v) is 13.8. The standard InChI is InChI=1S/C64H40N2O2/c1-2-14-45-39-63-57(38-44(45)13-1)56-22-12-21-55(64(56)68-63)52-19-5-7-23-58(52)65(48-34-29-42(30-35-48)46-31-36-54-53-20-6-10-26-61(53)67-62(54)40-46)47-32-27-41(28-33-47)43-15-11-16-49(37-43)66-59-24-8-3-17-50(59)51-18-4-9-25-60(51)66/h1-40H. The third kappa shape index (κ3) is 6.08. The van der Waals surface area contributed by atoms with Gasteiger partial charge in [0.1, 0.15) is 22.3 Å².